The van der Waals surface area contributed by atoms with E-state index < -0.39 is 6.10 Å². The van der Waals surface area contributed by atoms with Crippen molar-refractivity contribution in [3.8, 4) is 0 Å². The van der Waals surface area contributed by atoms with Gasteiger partial charge in [-0.25, -0.2) is 0 Å². The van der Waals surface area contributed by atoms with Crippen LogP contribution in [-0.4, -0.2) is 43.7 Å². The van der Waals surface area contributed by atoms with E-state index in [0.717, 1.165) is 12.8 Å². The smallest absolute Gasteiger partial charge is 0.101 e. The molecule has 1 rings (SSSR count). The molecule has 0 spiro atoms. The van der Waals surface area contributed by atoms with Crippen molar-refractivity contribution in [1.29, 1.82) is 0 Å². The summed E-state index contributed by atoms with van der Waals surface area (Å²) in [5, 5.41) is 9.20. The van der Waals surface area contributed by atoms with Crippen LogP contribution in [0.3, 0.4) is 0 Å². The van der Waals surface area contributed by atoms with Gasteiger partial charge in [-0.2, -0.15) is 0 Å². The molecule has 1 aliphatic rings. The molecule has 0 aromatic carbocycles. The number of aliphatic hydroxyl groups excluding tert-OH is 1. The van der Waals surface area contributed by atoms with Crippen LogP contribution in [-0.2, 0) is 9.47 Å². The van der Waals surface area contributed by atoms with Crippen molar-refractivity contribution >= 4 is 0 Å². The lowest BCUT2D eigenvalue weighted by Crippen LogP contribution is -2.42. The summed E-state index contributed by atoms with van der Waals surface area (Å²) in [6.45, 7) is 0.685. The molecule has 12 heavy (non-hydrogen) atoms. The Labute approximate surface area is 72.6 Å². The lowest BCUT2D eigenvalue weighted by molar-refractivity contribution is -0.0651. The summed E-state index contributed by atoms with van der Waals surface area (Å²) in [6, 6.07) is 0.301. The van der Waals surface area contributed by atoms with E-state index in [1.165, 1.54) is 0 Å². The third kappa shape index (κ3) is 3.06. The topological polar surface area (TPSA) is 64.7 Å². The molecule has 0 aromatic heterocycles. The molecule has 1 unspecified atom stereocenters. The third-order valence-corrected chi connectivity index (χ3v) is 2.01. The van der Waals surface area contributed by atoms with E-state index in [-0.39, 0.29) is 6.10 Å². The maximum absolute atomic E-state index is 9.20. The fraction of sp³-hybridized carbons (Fsp3) is 1.00. The van der Waals surface area contributed by atoms with Crippen molar-refractivity contribution in [2.75, 3.05) is 20.3 Å². The Morgan fingerprint density at radius 1 is 1.50 bits per heavy atom. The van der Waals surface area contributed by atoms with Crippen molar-refractivity contribution in [1.82, 2.24) is 0 Å². The lowest BCUT2D eigenvalue weighted by Gasteiger charge is -2.32. The molecule has 0 amide bonds. The van der Waals surface area contributed by atoms with Gasteiger partial charge in [-0.05, 0) is 12.8 Å². The van der Waals surface area contributed by atoms with Gasteiger partial charge in [0.05, 0.1) is 19.3 Å². The first-order valence-corrected chi connectivity index (χ1v) is 4.26. The summed E-state index contributed by atoms with van der Waals surface area (Å²) in [5.41, 5.74) is 5.57. The van der Waals surface area contributed by atoms with Crippen LogP contribution in [0.15, 0.2) is 0 Å². The summed E-state index contributed by atoms with van der Waals surface area (Å²) in [6.07, 6.45) is 1.58. The largest absolute Gasteiger partial charge is 0.388 e. The van der Waals surface area contributed by atoms with Gasteiger partial charge in [0.2, 0.25) is 0 Å². The Hall–Kier alpha value is -0.160. The Morgan fingerprint density at radius 2 is 2.17 bits per heavy atom. The zero-order valence-corrected chi connectivity index (χ0v) is 7.40. The van der Waals surface area contributed by atoms with E-state index in [0.29, 0.717) is 19.3 Å². The molecule has 72 valence electrons. The molecule has 0 saturated heterocycles. The standard InChI is InChI=1S/C8H17NO3/c1-11-4-7(10)5-12-8-2-6(9)3-8/h6-8,10H,2-5,9H2,1H3. The first-order valence-electron chi connectivity index (χ1n) is 4.26. The fourth-order valence-electron chi connectivity index (χ4n) is 1.23. The molecule has 1 aliphatic carbocycles. The van der Waals surface area contributed by atoms with Crippen LogP contribution >= 0.6 is 0 Å². The van der Waals surface area contributed by atoms with Gasteiger partial charge >= 0.3 is 0 Å². The number of ether oxygens (including phenoxy) is 2. The average molecular weight is 175 g/mol. The highest BCUT2D eigenvalue weighted by atomic mass is 16.5. The summed E-state index contributed by atoms with van der Waals surface area (Å²) in [7, 11) is 1.56. The monoisotopic (exact) mass is 175 g/mol. The quantitative estimate of drug-likeness (QED) is 0.591. The van der Waals surface area contributed by atoms with Crippen LogP contribution in [0, 0.1) is 0 Å². The molecule has 1 atom stereocenters. The van der Waals surface area contributed by atoms with Crippen LogP contribution in [0.1, 0.15) is 12.8 Å². The molecule has 0 bridgehead atoms. The number of methoxy groups -OCH3 is 1. The van der Waals surface area contributed by atoms with Gasteiger partial charge in [0.25, 0.3) is 0 Å². The SMILES string of the molecule is COCC(O)COC1CC(N)C1. The molecule has 0 aliphatic heterocycles. The average Bonchev–Trinajstić information content (AvgIpc) is 1.96. The van der Waals surface area contributed by atoms with Crippen LogP contribution in [0.25, 0.3) is 0 Å². The summed E-state index contributed by atoms with van der Waals surface area (Å²) < 4.78 is 10.1. The van der Waals surface area contributed by atoms with E-state index in [4.69, 9.17) is 15.2 Å². The molecule has 1 fully saturated rings. The lowest BCUT2D eigenvalue weighted by atomic mass is 9.90. The molecule has 0 radical (unpaired) electrons. The molecule has 4 heteroatoms. The summed E-state index contributed by atoms with van der Waals surface area (Å²) in [4.78, 5) is 0. The highest BCUT2D eigenvalue weighted by Gasteiger charge is 2.26. The Morgan fingerprint density at radius 3 is 2.67 bits per heavy atom. The normalized spacial score (nSPS) is 31.2. The van der Waals surface area contributed by atoms with Crippen molar-refractivity contribution in [3.05, 3.63) is 0 Å². The van der Waals surface area contributed by atoms with E-state index in [1.807, 2.05) is 0 Å². The Kier molecular flexibility index (Phi) is 3.94. The first-order chi connectivity index (χ1) is 5.72. The Bertz CT molecular complexity index is 121. The van der Waals surface area contributed by atoms with Crippen molar-refractivity contribution in [3.63, 3.8) is 0 Å². The minimum Gasteiger partial charge on any atom is -0.388 e. The van der Waals surface area contributed by atoms with Gasteiger partial charge < -0.3 is 20.3 Å². The second-order valence-corrected chi connectivity index (χ2v) is 3.30. The van der Waals surface area contributed by atoms with Crippen LogP contribution in [0.4, 0.5) is 0 Å². The molecular weight excluding hydrogens is 158 g/mol. The maximum atomic E-state index is 9.20. The van der Waals surface area contributed by atoms with Crippen LogP contribution in [0.2, 0.25) is 0 Å². The summed E-state index contributed by atoms with van der Waals surface area (Å²) in [5.74, 6) is 0. The van der Waals surface area contributed by atoms with Crippen LogP contribution < -0.4 is 5.73 Å². The molecule has 0 heterocycles. The van der Waals surface area contributed by atoms with Gasteiger partial charge in [-0.1, -0.05) is 0 Å². The van der Waals surface area contributed by atoms with Gasteiger partial charge in [0.1, 0.15) is 6.10 Å². The van der Waals surface area contributed by atoms with E-state index in [1.54, 1.807) is 7.11 Å². The maximum Gasteiger partial charge on any atom is 0.101 e. The number of hydrogen-bond donors (Lipinski definition) is 2. The second kappa shape index (κ2) is 4.77. The second-order valence-electron chi connectivity index (χ2n) is 3.30. The minimum absolute atomic E-state index is 0.256. The van der Waals surface area contributed by atoms with Gasteiger partial charge in [-0.15, -0.1) is 0 Å². The van der Waals surface area contributed by atoms with Crippen LogP contribution in [0.5, 0.6) is 0 Å². The van der Waals surface area contributed by atoms with E-state index in [2.05, 4.69) is 0 Å². The highest BCUT2D eigenvalue weighted by molar-refractivity contribution is 4.82. The zero-order chi connectivity index (χ0) is 8.97. The third-order valence-electron chi connectivity index (χ3n) is 2.01. The predicted octanol–water partition coefficient (Wildman–Crippen LogP) is -0.500. The van der Waals surface area contributed by atoms with Gasteiger partial charge in [-0.3, -0.25) is 0 Å². The summed E-state index contributed by atoms with van der Waals surface area (Å²) >= 11 is 0. The molecule has 4 nitrogen and oxygen atoms in total. The number of hydrogen-bond acceptors (Lipinski definition) is 4. The number of rotatable bonds is 5. The highest BCUT2D eigenvalue weighted by Crippen LogP contribution is 2.21. The number of nitrogens with two attached hydrogens (primary N) is 1. The first kappa shape index (κ1) is 9.92. The van der Waals surface area contributed by atoms with Crippen molar-refractivity contribution < 1.29 is 14.6 Å². The molecule has 3 N–H and O–H groups in total. The predicted molar refractivity (Wildman–Crippen MR) is 44.8 cm³/mol. The van der Waals surface area contributed by atoms with Crippen molar-refractivity contribution in [2.24, 2.45) is 5.73 Å². The van der Waals surface area contributed by atoms with E-state index in [9.17, 15) is 5.11 Å². The zero-order valence-electron chi connectivity index (χ0n) is 7.40. The molecular formula is C8H17NO3. The fourth-order valence-corrected chi connectivity index (χ4v) is 1.23. The minimum atomic E-state index is -0.508. The molecule has 0 aromatic rings. The van der Waals surface area contributed by atoms with E-state index >= 15 is 0 Å². The number of aliphatic hydroxyl groups is 1. The molecule has 1 saturated carbocycles. The van der Waals surface area contributed by atoms with Gasteiger partial charge in [0, 0.05) is 13.2 Å². The Balaban J connectivity index is 1.95. The van der Waals surface area contributed by atoms with Crippen molar-refractivity contribution in [2.45, 2.75) is 31.1 Å². The van der Waals surface area contributed by atoms with Gasteiger partial charge in [0.15, 0.2) is 0 Å².